The fourth-order valence-corrected chi connectivity index (χ4v) is 4.96. The summed E-state index contributed by atoms with van der Waals surface area (Å²) in [5.41, 5.74) is 11.2. The molecule has 0 saturated carbocycles. The quantitative estimate of drug-likeness (QED) is 0.108. The first kappa shape index (κ1) is 24.4. The number of anilines is 1. The highest BCUT2D eigenvalue weighted by atomic mass is 35.5. The summed E-state index contributed by atoms with van der Waals surface area (Å²) in [6, 6.07) is 29.4. The van der Waals surface area contributed by atoms with E-state index in [9.17, 15) is 15.1 Å². The number of carbonyl (C=O) groups is 2. The van der Waals surface area contributed by atoms with Crippen molar-refractivity contribution in [3.63, 3.8) is 0 Å². The largest absolute Gasteiger partial charge is 0.460 e. The van der Waals surface area contributed by atoms with Gasteiger partial charge in [-0.1, -0.05) is 84.4 Å². The Morgan fingerprint density at radius 2 is 1.59 bits per heavy atom. The van der Waals surface area contributed by atoms with Crippen LogP contribution in [-0.2, 0) is 19.2 Å². The maximum atomic E-state index is 14.0. The number of nitrogens with zero attached hydrogens (tertiary/aromatic N) is 3. The third kappa shape index (κ3) is 4.52. The first-order chi connectivity index (χ1) is 18.0. The summed E-state index contributed by atoms with van der Waals surface area (Å²) in [6.07, 6.45) is -0.824. The average Bonchev–Trinajstić information content (AvgIpc) is 3.34. The third-order valence-corrected chi connectivity index (χ3v) is 6.76. The van der Waals surface area contributed by atoms with Gasteiger partial charge in [-0.05, 0) is 46.2 Å². The Bertz CT molecular complexity index is 1510. The van der Waals surface area contributed by atoms with Crippen LogP contribution in [0.1, 0.15) is 23.3 Å². The Labute approximate surface area is 218 Å². The van der Waals surface area contributed by atoms with E-state index in [1.165, 1.54) is 0 Å². The zero-order valence-corrected chi connectivity index (χ0v) is 20.6. The van der Waals surface area contributed by atoms with Crippen LogP contribution in [0.15, 0.2) is 97.1 Å². The maximum absolute atomic E-state index is 14.0. The van der Waals surface area contributed by atoms with E-state index in [4.69, 9.17) is 21.2 Å². The minimum absolute atomic E-state index is 0.530. The molecule has 0 unspecified atom stereocenters. The minimum Gasteiger partial charge on any atom is -0.460 e. The normalized spacial score (nSPS) is 18.9. The fraction of sp³-hybridized carbons (Fsp3) is 0.138. The summed E-state index contributed by atoms with van der Waals surface area (Å²) in [5.74, 6) is -2.71. The SMILES string of the molecule is COC(=O)C(=[N+]=[N-])C(=O)[C@@H]1[C@@H](c2ccc(Cl)cc2)ON(c2ccccc2)[C@H]1c1cccc2ccccc12. The van der Waals surface area contributed by atoms with Crippen LogP contribution in [0.5, 0.6) is 0 Å². The van der Waals surface area contributed by atoms with Crippen molar-refractivity contribution >= 4 is 45.5 Å². The number of ether oxygens (including phenoxy) is 1. The van der Waals surface area contributed by atoms with Gasteiger partial charge in [0, 0.05) is 5.02 Å². The molecule has 1 heterocycles. The molecule has 4 aromatic rings. The van der Waals surface area contributed by atoms with E-state index >= 15 is 0 Å². The molecule has 0 N–H and O–H groups in total. The fourth-order valence-electron chi connectivity index (χ4n) is 4.84. The number of para-hydroxylation sites is 1. The van der Waals surface area contributed by atoms with E-state index < -0.39 is 35.5 Å². The van der Waals surface area contributed by atoms with Crippen molar-refractivity contribution in [3.8, 4) is 0 Å². The van der Waals surface area contributed by atoms with E-state index in [1.807, 2.05) is 72.8 Å². The number of methoxy groups -OCH3 is 1. The van der Waals surface area contributed by atoms with Crippen LogP contribution in [-0.4, -0.2) is 29.4 Å². The van der Waals surface area contributed by atoms with Gasteiger partial charge in [-0.25, -0.2) is 9.86 Å². The number of carbonyl (C=O) groups excluding carboxylic acids is 2. The summed E-state index contributed by atoms with van der Waals surface area (Å²) in [6.45, 7) is 0. The molecule has 0 amide bonds. The highest BCUT2D eigenvalue weighted by molar-refractivity contribution is 6.62. The second-order valence-corrected chi connectivity index (χ2v) is 9.02. The van der Waals surface area contributed by atoms with Crippen molar-refractivity contribution in [3.05, 3.63) is 119 Å². The van der Waals surface area contributed by atoms with Gasteiger partial charge >= 0.3 is 11.7 Å². The lowest BCUT2D eigenvalue weighted by Crippen LogP contribution is -2.37. The van der Waals surface area contributed by atoms with Crippen LogP contribution >= 0.6 is 11.6 Å². The Hall–Kier alpha value is -4.29. The third-order valence-electron chi connectivity index (χ3n) is 6.51. The highest BCUT2D eigenvalue weighted by Gasteiger charge is 2.54. The molecule has 1 aliphatic heterocycles. The Kier molecular flexibility index (Phi) is 6.84. The predicted molar refractivity (Wildman–Crippen MR) is 140 cm³/mol. The van der Waals surface area contributed by atoms with Gasteiger partial charge in [-0.3, -0.25) is 9.63 Å². The maximum Gasteiger partial charge on any atom is 0.441 e. The Morgan fingerprint density at radius 1 is 0.919 bits per heavy atom. The number of fused-ring (bicyclic) bond motifs is 1. The first-order valence-corrected chi connectivity index (χ1v) is 12.0. The van der Waals surface area contributed by atoms with Gasteiger partial charge in [0.05, 0.1) is 24.8 Å². The molecule has 4 aromatic carbocycles. The Morgan fingerprint density at radius 3 is 2.30 bits per heavy atom. The van der Waals surface area contributed by atoms with Crippen molar-refractivity contribution in [2.45, 2.75) is 12.1 Å². The highest BCUT2D eigenvalue weighted by Crippen LogP contribution is 2.50. The monoisotopic (exact) mass is 511 g/mol. The molecule has 0 aliphatic carbocycles. The van der Waals surface area contributed by atoms with Crippen LogP contribution < -0.4 is 5.06 Å². The van der Waals surface area contributed by atoms with Crippen molar-refractivity contribution in [1.29, 1.82) is 0 Å². The standard InChI is InChI=1S/C29H22ClN3O4/c1-36-29(35)25(32-31)27(34)24-26(23-13-7-9-18-8-5-6-12-22(18)23)33(21-10-3-2-4-11-21)37-28(24)19-14-16-20(30)17-15-19/h2-17,24,26,28H,1H3/t24-,26+,28-/m1/s1. The first-order valence-electron chi connectivity index (χ1n) is 11.6. The summed E-state index contributed by atoms with van der Waals surface area (Å²) < 4.78 is 4.74. The van der Waals surface area contributed by atoms with Gasteiger partial charge in [0.2, 0.25) is 0 Å². The second-order valence-electron chi connectivity index (χ2n) is 8.58. The van der Waals surface area contributed by atoms with Crippen LogP contribution in [0, 0.1) is 5.92 Å². The topological polar surface area (TPSA) is 92.2 Å². The molecule has 0 bridgehead atoms. The molecule has 8 heteroatoms. The summed E-state index contributed by atoms with van der Waals surface area (Å²) in [7, 11) is 1.13. The smallest absolute Gasteiger partial charge is 0.441 e. The predicted octanol–water partition coefficient (Wildman–Crippen LogP) is 5.76. The van der Waals surface area contributed by atoms with Gasteiger partial charge in [-0.2, -0.15) is 4.79 Å². The van der Waals surface area contributed by atoms with Crippen LogP contribution in [0.3, 0.4) is 0 Å². The molecule has 0 radical (unpaired) electrons. The number of rotatable bonds is 6. The molecule has 0 spiro atoms. The van der Waals surface area contributed by atoms with Gasteiger partial charge in [0.1, 0.15) is 6.10 Å². The van der Waals surface area contributed by atoms with E-state index in [0.717, 1.165) is 29.1 Å². The van der Waals surface area contributed by atoms with Crippen molar-refractivity contribution in [1.82, 2.24) is 0 Å². The van der Waals surface area contributed by atoms with E-state index in [-0.39, 0.29) is 0 Å². The molecule has 0 aromatic heterocycles. The second kappa shape index (κ2) is 10.4. The van der Waals surface area contributed by atoms with Gasteiger partial charge in [0.15, 0.2) is 0 Å². The molecule has 184 valence electrons. The zero-order valence-electron chi connectivity index (χ0n) is 19.8. The molecule has 7 nitrogen and oxygen atoms in total. The lowest BCUT2D eigenvalue weighted by Gasteiger charge is -2.27. The van der Waals surface area contributed by atoms with E-state index in [0.29, 0.717) is 10.6 Å². The number of halogens is 1. The van der Waals surface area contributed by atoms with Crippen molar-refractivity contribution < 1.29 is 24.0 Å². The molecule has 1 saturated heterocycles. The summed E-state index contributed by atoms with van der Waals surface area (Å²) >= 11 is 6.13. The van der Waals surface area contributed by atoms with Crippen molar-refractivity contribution in [2.75, 3.05) is 12.2 Å². The minimum atomic E-state index is -1.03. The molecule has 37 heavy (non-hydrogen) atoms. The number of hydrogen-bond donors (Lipinski definition) is 0. The summed E-state index contributed by atoms with van der Waals surface area (Å²) in [4.78, 5) is 36.0. The lowest BCUT2D eigenvalue weighted by atomic mass is 9.80. The Balaban J connectivity index is 1.76. The number of hydroxylamine groups is 1. The number of Topliss-reactive ketones (excluding diaryl/α,β-unsaturated/α-hetero) is 1. The van der Waals surface area contributed by atoms with E-state index in [1.54, 1.807) is 29.3 Å². The van der Waals surface area contributed by atoms with Gasteiger partial charge in [0.25, 0.3) is 5.78 Å². The molecule has 5 rings (SSSR count). The van der Waals surface area contributed by atoms with Crippen molar-refractivity contribution in [2.24, 2.45) is 5.92 Å². The molecule has 1 fully saturated rings. The number of ketones is 1. The molecular formula is C29H22ClN3O4. The van der Waals surface area contributed by atoms with Crippen LogP contribution in [0.4, 0.5) is 5.69 Å². The number of esters is 1. The molecule has 1 aliphatic rings. The lowest BCUT2D eigenvalue weighted by molar-refractivity contribution is -0.140. The van der Waals surface area contributed by atoms with Gasteiger partial charge in [-0.15, -0.1) is 0 Å². The van der Waals surface area contributed by atoms with Gasteiger partial charge < -0.3 is 10.3 Å². The average molecular weight is 512 g/mol. The summed E-state index contributed by atoms with van der Waals surface area (Å²) in [5, 5.41) is 4.13. The number of hydrogen-bond acceptors (Lipinski definition) is 5. The number of benzene rings is 4. The van der Waals surface area contributed by atoms with Crippen LogP contribution in [0.2, 0.25) is 5.02 Å². The molecular weight excluding hydrogens is 490 g/mol. The molecule has 3 atom stereocenters. The van der Waals surface area contributed by atoms with Crippen LogP contribution in [0.25, 0.3) is 16.3 Å². The van der Waals surface area contributed by atoms with E-state index in [2.05, 4.69) is 4.79 Å². The zero-order chi connectivity index (χ0) is 25.9.